The molecule has 0 amide bonds. The van der Waals surface area contributed by atoms with Crippen LogP contribution in [0.15, 0.2) is 35.4 Å². The molecule has 2 aromatic rings. The first-order chi connectivity index (χ1) is 11.5. The fourth-order valence-corrected chi connectivity index (χ4v) is 3.93. The van der Waals surface area contributed by atoms with Gasteiger partial charge in [-0.3, -0.25) is 0 Å². The van der Waals surface area contributed by atoms with Crippen LogP contribution in [0.3, 0.4) is 0 Å². The van der Waals surface area contributed by atoms with Crippen molar-refractivity contribution in [2.75, 3.05) is 0 Å². The molecular weight excluding hydrogens is 333 g/mol. The highest BCUT2D eigenvalue weighted by Gasteiger charge is 2.39. The predicted octanol–water partition coefficient (Wildman–Crippen LogP) is 5.14. The molecule has 124 valence electrons. The Morgan fingerprint density at radius 3 is 2.50 bits per heavy atom. The molecule has 1 aromatic carbocycles. The Kier molecular flexibility index (Phi) is 4.81. The van der Waals surface area contributed by atoms with Crippen LogP contribution in [0.4, 0.5) is 13.2 Å². The molecule has 0 bridgehead atoms. The summed E-state index contributed by atoms with van der Waals surface area (Å²) in [6.45, 7) is 0. The Morgan fingerprint density at radius 1 is 1.12 bits per heavy atom. The second-order valence-electron chi connectivity index (χ2n) is 5.68. The maximum Gasteiger partial charge on any atom is 0.418 e. The van der Waals surface area contributed by atoms with Crippen LogP contribution in [-0.4, -0.2) is 4.98 Å². The van der Waals surface area contributed by atoms with Gasteiger partial charge in [0.15, 0.2) is 0 Å². The van der Waals surface area contributed by atoms with Gasteiger partial charge in [0, 0.05) is 11.4 Å². The van der Waals surface area contributed by atoms with E-state index >= 15 is 0 Å². The molecule has 3 rings (SSSR count). The lowest BCUT2D eigenvalue weighted by molar-refractivity contribution is -0.138. The van der Waals surface area contributed by atoms with Gasteiger partial charge in [0.25, 0.3) is 0 Å². The molecule has 0 saturated heterocycles. The number of hydrogen-bond acceptors (Lipinski definition) is 3. The summed E-state index contributed by atoms with van der Waals surface area (Å²) >= 11 is 1.19. The van der Waals surface area contributed by atoms with E-state index in [4.69, 9.17) is 0 Å². The van der Waals surface area contributed by atoms with E-state index in [-0.39, 0.29) is 16.2 Å². The summed E-state index contributed by atoms with van der Waals surface area (Å²) in [6, 6.07) is 11.2. The number of halogens is 3. The van der Waals surface area contributed by atoms with E-state index in [0.29, 0.717) is 30.7 Å². The van der Waals surface area contributed by atoms with Crippen LogP contribution in [0.1, 0.15) is 40.8 Å². The molecule has 0 spiro atoms. The third-order valence-corrected chi connectivity index (χ3v) is 5.10. The number of benzene rings is 1. The lowest BCUT2D eigenvalue weighted by atomic mass is 9.90. The summed E-state index contributed by atoms with van der Waals surface area (Å²) in [6.07, 6.45) is -2.10. The van der Waals surface area contributed by atoms with Gasteiger partial charge in [-0.05, 0) is 36.8 Å². The SMILES string of the molecule is N#Cc1c(SCc2ccccc2)nc2c(c1C(F)(F)F)CCCC2. The van der Waals surface area contributed by atoms with E-state index in [1.54, 1.807) is 6.07 Å². The van der Waals surface area contributed by atoms with Gasteiger partial charge in [-0.15, -0.1) is 11.8 Å². The molecule has 0 fully saturated rings. The van der Waals surface area contributed by atoms with E-state index in [1.165, 1.54) is 11.8 Å². The van der Waals surface area contributed by atoms with Gasteiger partial charge < -0.3 is 0 Å². The fraction of sp³-hybridized carbons (Fsp3) is 0.333. The standard InChI is InChI=1S/C18H15F3N2S/c19-18(20,21)16-13-8-4-5-9-15(13)23-17(14(16)10-22)24-11-12-6-2-1-3-7-12/h1-3,6-7H,4-5,8-9,11H2. The quantitative estimate of drug-likeness (QED) is 0.720. The lowest BCUT2D eigenvalue weighted by Crippen LogP contribution is -2.19. The summed E-state index contributed by atoms with van der Waals surface area (Å²) in [4.78, 5) is 4.41. The molecule has 0 aliphatic heterocycles. The molecule has 0 unspecified atom stereocenters. The summed E-state index contributed by atoms with van der Waals surface area (Å²) in [7, 11) is 0. The van der Waals surface area contributed by atoms with Gasteiger partial charge in [-0.2, -0.15) is 18.4 Å². The normalized spacial score (nSPS) is 14.1. The predicted molar refractivity (Wildman–Crippen MR) is 86.6 cm³/mol. The van der Waals surface area contributed by atoms with Crippen LogP contribution in [0.5, 0.6) is 0 Å². The van der Waals surface area contributed by atoms with Crippen molar-refractivity contribution < 1.29 is 13.2 Å². The average molecular weight is 348 g/mol. The molecule has 24 heavy (non-hydrogen) atoms. The van der Waals surface area contributed by atoms with Crippen molar-refractivity contribution in [2.45, 2.75) is 42.6 Å². The van der Waals surface area contributed by atoms with Crippen molar-refractivity contribution in [3.8, 4) is 6.07 Å². The average Bonchev–Trinajstić information content (AvgIpc) is 2.58. The Balaban J connectivity index is 2.04. The van der Waals surface area contributed by atoms with E-state index in [1.807, 2.05) is 30.3 Å². The number of aryl methyl sites for hydroxylation is 1. The summed E-state index contributed by atoms with van der Waals surface area (Å²) < 4.78 is 40.7. The number of hydrogen-bond donors (Lipinski definition) is 0. The maximum absolute atomic E-state index is 13.6. The molecule has 0 atom stereocenters. The first-order valence-corrected chi connectivity index (χ1v) is 8.69. The first-order valence-electron chi connectivity index (χ1n) is 7.70. The van der Waals surface area contributed by atoms with Crippen LogP contribution in [0, 0.1) is 11.3 Å². The Bertz CT molecular complexity index is 780. The van der Waals surface area contributed by atoms with Crippen LogP contribution < -0.4 is 0 Å². The monoisotopic (exact) mass is 348 g/mol. The topological polar surface area (TPSA) is 36.7 Å². The van der Waals surface area contributed by atoms with Gasteiger partial charge >= 0.3 is 6.18 Å². The van der Waals surface area contributed by atoms with Crippen molar-refractivity contribution in [1.82, 2.24) is 4.98 Å². The molecular formula is C18H15F3N2S. The Morgan fingerprint density at radius 2 is 1.83 bits per heavy atom. The largest absolute Gasteiger partial charge is 0.418 e. The second-order valence-corrected chi connectivity index (χ2v) is 6.65. The van der Waals surface area contributed by atoms with Gasteiger partial charge in [0.05, 0.1) is 11.1 Å². The molecule has 2 nitrogen and oxygen atoms in total. The van der Waals surface area contributed by atoms with Crippen molar-refractivity contribution >= 4 is 11.8 Å². The van der Waals surface area contributed by atoms with E-state index in [9.17, 15) is 18.4 Å². The highest BCUT2D eigenvalue weighted by atomic mass is 32.2. The molecule has 1 aromatic heterocycles. The smallest absolute Gasteiger partial charge is 0.245 e. The van der Waals surface area contributed by atoms with E-state index in [2.05, 4.69) is 4.98 Å². The maximum atomic E-state index is 13.6. The number of nitrogens with zero attached hydrogens (tertiary/aromatic N) is 2. The van der Waals surface area contributed by atoms with E-state index in [0.717, 1.165) is 12.0 Å². The molecule has 1 aliphatic rings. The van der Waals surface area contributed by atoms with Gasteiger partial charge in [0.2, 0.25) is 0 Å². The van der Waals surface area contributed by atoms with Crippen molar-refractivity contribution in [3.05, 3.63) is 58.3 Å². The van der Waals surface area contributed by atoms with Crippen molar-refractivity contribution in [1.29, 1.82) is 5.26 Å². The van der Waals surface area contributed by atoms with Gasteiger partial charge in [0.1, 0.15) is 11.1 Å². The number of pyridine rings is 1. The Labute approximate surface area is 142 Å². The van der Waals surface area contributed by atoms with Crippen LogP contribution in [-0.2, 0) is 24.8 Å². The van der Waals surface area contributed by atoms with Crippen LogP contribution >= 0.6 is 11.8 Å². The van der Waals surface area contributed by atoms with Crippen LogP contribution in [0.25, 0.3) is 0 Å². The molecule has 0 N–H and O–H groups in total. The number of alkyl halides is 3. The highest BCUT2D eigenvalue weighted by molar-refractivity contribution is 7.98. The number of rotatable bonds is 3. The molecule has 0 saturated carbocycles. The van der Waals surface area contributed by atoms with Gasteiger partial charge in [-0.25, -0.2) is 4.98 Å². The second kappa shape index (κ2) is 6.86. The minimum absolute atomic E-state index is 0.189. The minimum atomic E-state index is -4.53. The third-order valence-electron chi connectivity index (χ3n) is 4.05. The first kappa shape index (κ1) is 16.8. The zero-order valence-electron chi connectivity index (χ0n) is 12.9. The number of fused-ring (bicyclic) bond motifs is 1. The zero-order chi connectivity index (χ0) is 17.2. The summed E-state index contributed by atoms with van der Waals surface area (Å²) in [5, 5.41) is 9.55. The number of aromatic nitrogens is 1. The number of nitriles is 1. The highest BCUT2D eigenvalue weighted by Crippen LogP contribution is 2.41. The van der Waals surface area contributed by atoms with Gasteiger partial charge in [-0.1, -0.05) is 30.3 Å². The third kappa shape index (κ3) is 3.41. The summed E-state index contributed by atoms with van der Waals surface area (Å²) in [5.74, 6) is 0.485. The molecule has 6 heteroatoms. The van der Waals surface area contributed by atoms with Crippen molar-refractivity contribution in [2.24, 2.45) is 0 Å². The summed E-state index contributed by atoms with van der Waals surface area (Å²) in [5.41, 5.74) is 0.603. The zero-order valence-corrected chi connectivity index (χ0v) is 13.7. The number of thioether (sulfide) groups is 1. The molecule has 1 heterocycles. The lowest BCUT2D eigenvalue weighted by Gasteiger charge is -2.22. The molecule has 0 radical (unpaired) electrons. The Hall–Kier alpha value is -2.00. The van der Waals surface area contributed by atoms with E-state index < -0.39 is 11.7 Å². The van der Waals surface area contributed by atoms with Crippen LogP contribution in [0.2, 0.25) is 0 Å². The van der Waals surface area contributed by atoms with Crippen molar-refractivity contribution in [3.63, 3.8) is 0 Å². The molecule has 1 aliphatic carbocycles. The minimum Gasteiger partial charge on any atom is -0.245 e. The fourth-order valence-electron chi connectivity index (χ4n) is 2.97.